The lowest BCUT2D eigenvalue weighted by Gasteiger charge is -2.14. The number of hydrogen-bond acceptors (Lipinski definition) is 3. The smallest absolute Gasteiger partial charge is 0.191 e. The van der Waals surface area contributed by atoms with E-state index in [1.165, 1.54) is 22.3 Å². The number of guanidine groups is 1. The van der Waals surface area contributed by atoms with Crippen molar-refractivity contribution in [2.45, 2.75) is 33.7 Å². The number of aryl methyl sites for hydroxylation is 3. The van der Waals surface area contributed by atoms with Crippen molar-refractivity contribution in [1.29, 1.82) is 0 Å². The van der Waals surface area contributed by atoms with E-state index in [4.69, 9.17) is 0 Å². The number of benzene rings is 1. The van der Waals surface area contributed by atoms with E-state index in [9.17, 15) is 0 Å². The van der Waals surface area contributed by atoms with Crippen LogP contribution in [0.5, 0.6) is 0 Å². The van der Waals surface area contributed by atoms with E-state index in [0.29, 0.717) is 6.54 Å². The van der Waals surface area contributed by atoms with Crippen molar-refractivity contribution in [2.24, 2.45) is 4.99 Å². The molecule has 0 aliphatic rings. The molecule has 0 fully saturated rings. The van der Waals surface area contributed by atoms with Crippen molar-refractivity contribution in [3.05, 3.63) is 64.6 Å². The molecule has 0 unspecified atom stereocenters. The Morgan fingerprint density at radius 2 is 1.85 bits per heavy atom. The number of nitrogens with zero attached hydrogens (tertiary/aromatic N) is 4. The Labute approximate surface area is 154 Å². The number of rotatable bonds is 5. The summed E-state index contributed by atoms with van der Waals surface area (Å²) in [7, 11) is 1.78. The predicted molar refractivity (Wildman–Crippen MR) is 106 cm³/mol. The Bertz CT molecular complexity index is 902. The van der Waals surface area contributed by atoms with E-state index in [1.807, 2.05) is 28.8 Å². The highest BCUT2D eigenvalue weighted by Gasteiger charge is 2.07. The highest BCUT2D eigenvalue weighted by Crippen LogP contribution is 2.16. The van der Waals surface area contributed by atoms with E-state index in [1.54, 1.807) is 7.05 Å². The molecule has 0 amide bonds. The third-order valence-electron chi connectivity index (χ3n) is 4.53. The van der Waals surface area contributed by atoms with Crippen LogP contribution in [0.15, 0.2) is 41.5 Å². The number of pyridine rings is 1. The van der Waals surface area contributed by atoms with Gasteiger partial charge in [-0.1, -0.05) is 23.8 Å². The number of nitrogens with one attached hydrogen (secondary N) is 2. The highest BCUT2D eigenvalue weighted by atomic mass is 15.3. The molecule has 2 N–H and O–H groups in total. The Hall–Kier alpha value is -2.89. The second-order valence-electron chi connectivity index (χ2n) is 6.52. The van der Waals surface area contributed by atoms with Gasteiger partial charge in [-0.05, 0) is 56.0 Å². The monoisotopic (exact) mass is 350 g/mol. The van der Waals surface area contributed by atoms with Crippen LogP contribution in [0, 0.1) is 20.8 Å². The van der Waals surface area contributed by atoms with Crippen LogP contribution in [0.4, 0.5) is 0 Å². The van der Waals surface area contributed by atoms with Gasteiger partial charge in [0, 0.05) is 19.8 Å². The summed E-state index contributed by atoms with van der Waals surface area (Å²) in [4.78, 5) is 4.29. The molecule has 0 aliphatic heterocycles. The van der Waals surface area contributed by atoms with Gasteiger partial charge in [-0.25, -0.2) is 0 Å². The largest absolute Gasteiger partial charge is 0.356 e. The first-order valence-corrected chi connectivity index (χ1v) is 8.88. The average Bonchev–Trinajstić information content (AvgIpc) is 3.03. The highest BCUT2D eigenvalue weighted by molar-refractivity contribution is 5.79. The molecule has 26 heavy (non-hydrogen) atoms. The molecule has 0 spiro atoms. The van der Waals surface area contributed by atoms with Crippen LogP contribution in [0.25, 0.3) is 5.65 Å². The molecule has 0 aliphatic carbocycles. The summed E-state index contributed by atoms with van der Waals surface area (Å²) in [6, 6.07) is 10.4. The van der Waals surface area contributed by atoms with Crippen LogP contribution in [-0.4, -0.2) is 34.2 Å². The summed E-state index contributed by atoms with van der Waals surface area (Å²) < 4.78 is 1.97. The number of hydrogen-bond donors (Lipinski definition) is 2. The van der Waals surface area contributed by atoms with Crippen molar-refractivity contribution >= 4 is 11.6 Å². The Kier molecular flexibility index (Phi) is 5.51. The zero-order valence-electron chi connectivity index (χ0n) is 15.9. The first-order valence-electron chi connectivity index (χ1n) is 8.88. The summed E-state index contributed by atoms with van der Waals surface area (Å²) in [5.41, 5.74) is 6.26. The van der Waals surface area contributed by atoms with Gasteiger partial charge in [-0.3, -0.25) is 9.39 Å². The first kappa shape index (κ1) is 17.9. The van der Waals surface area contributed by atoms with Crippen molar-refractivity contribution < 1.29 is 0 Å². The summed E-state index contributed by atoms with van der Waals surface area (Å²) in [6.45, 7) is 7.89. The topological polar surface area (TPSA) is 66.6 Å². The third-order valence-corrected chi connectivity index (χ3v) is 4.53. The lowest BCUT2D eigenvalue weighted by Crippen LogP contribution is -2.38. The van der Waals surface area contributed by atoms with E-state index in [0.717, 1.165) is 30.4 Å². The van der Waals surface area contributed by atoms with E-state index in [2.05, 4.69) is 58.7 Å². The molecular formula is C20H26N6. The van der Waals surface area contributed by atoms with Crippen molar-refractivity contribution in [1.82, 2.24) is 25.2 Å². The fourth-order valence-electron chi connectivity index (χ4n) is 3.31. The standard InChI is InChI=1S/C20H26N6/c1-14-11-15(2)17(16(3)12-14)8-9-22-20(21-4)23-13-19-25-24-18-7-5-6-10-26(18)19/h5-7,10-12H,8-9,13H2,1-4H3,(H2,21,22,23). The van der Waals surface area contributed by atoms with Gasteiger partial charge in [-0.15, -0.1) is 10.2 Å². The minimum atomic E-state index is 0.563. The lowest BCUT2D eigenvalue weighted by molar-refractivity contribution is 0.755. The van der Waals surface area contributed by atoms with Crippen molar-refractivity contribution in [3.63, 3.8) is 0 Å². The normalized spacial score (nSPS) is 11.8. The van der Waals surface area contributed by atoms with E-state index < -0.39 is 0 Å². The Balaban J connectivity index is 1.56. The van der Waals surface area contributed by atoms with Crippen LogP contribution < -0.4 is 10.6 Å². The van der Waals surface area contributed by atoms with Gasteiger partial charge in [0.25, 0.3) is 0 Å². The maximum absolute atomic E-state index is 4.29. The molecule has 6 nitrogen and oxygen atoms in total. The molecule has 0 bridgehead atoms. The zero-order chi connectivity index (χ0) is 18.5. The molecule has 3 aromatic rings. The predicted octanol–water partition coefficient (Wildman–Crippen LogP) is 2.56. The minimum absolute atomic E-state index is 0.563. The average molecular weight is 350 g/mol. The molecule has 0 saturated heterocycles. The third kappa shape index (κ3) is 4.02. The fraction of sp³-hybridized carbons (Fsp3) is 0.350. The van der Waals surface area contributed by atoms with Gasteiger partial charge in [0.15, 0.2) is 17.4 Å². The summed E-state index contributed by atoms with van der Waals surface area (Å²) in [5, 5.41) is 15.1. The quantitative estimate of drug-likeness (QED) is 0.548. The fourth-order valence-corrected chi connectivity index (χ4v) is 3.31. The second kappa shape index (κ2) is 7.99. The minimum Gasteiger partial charge on any atom is -0.356 e. The van der Waals surface area contributed by atoms with E-state index in [-0.39, 0.29) is 0 Å². The summed E-state index contributed by atoms with van der Waals surface area (Å²) >= 11 is 0. The van der Waals surface area contributed by atoms with Crippen molar-refractivity contribution in [3.8, 4) is 0 Å². The van der Waals surface area contributed by atoms with Crippen LogP contribution in [0.1, 0.15) is 28.1 Å². The SMILES string of the molecule is CN=C(NCCc1c(C)cc(C)cc1C)NCc1nnc2ccccn12. The van der Waals surface area contributed by atoms with Gasteiger partial charge in [0.05, 0.1) is 6.54 Å². The number of aliphatic imine (C=N–C) groups is 1. The van der Waals surface area contributed by atoms with Crippen LogP contribution in [0.3, 0.4) is 0 Å². The second-order valence-corrected chi connectivity index (χ2v) is 6.52. The maximum atomic E-state index is 4.29. The van der Waals surface area contributed by atoms with Gasteiger partial charge in [-0.2, -0.15) is 0 Å². The lowest BCUT2D eigenvalue weighted by atomic mass is 9.97. The molecule has 0 radical (unpaired) electrons. The van der Waals surface area contributed by atoms with Gasteiger partial charge in [0.1, 0.15) is 0 Å². The molecule has 2 heterocycles. The van der Waals surface area contributed by atoms with Crippen LogP contribution >= 0.6 is 0 Å². The Morgan fingerprint density at radius 1 is 1.08 bits per heavy atom. The summed E-state index contributed by atoms with van der Waals surface area (Å²) in [6.07, 6.45) is 2.93. The molecule has 3 rings (SSSR count). The molecule has 6 heteroatoms. The molecular weight excluding hydrogens is 324 g/mol. The van der Waals surface area contributed by atoms with Crippen LogP contribution in [0.2, 0.25) is 0 Å². The van der Waals surface area contributed by atoms with E-state index >= 15 is 0 Å². The number of fused-ring (bicyclic) bond motifs is 1. The van der Waals surface area contributed by atoms with Crippen molar-refractivity contribution in [2.75, 3.05) is 13.6 Å². The molecule has 0 saturated carbocycles. The molecule has 136 valence electrons. The molecule has 2 aromatic heterocycles. The van der Waals surface area contributed by atoms with Gasteiger partial charge >= 0.3 is 0 Å². The number of aromatic nitrogens is 3. The maximum Gasteiger partial charge on any atom is 0.191 e. The zero-order valence-corrected chi connectivity index (χ0v) is 15.9. The van der Waals surface area contributed by atoms with Gasteiger partial charge < -0.3 is 10.6 Å². The summed E-state index contributed by atoms with van der Waals surface area (Å²) in [5.74, 6) is 1.62. The van der Waals surface area contributed by atoms with Gasteiger partial charge in [0.2, 0.25) is 0 Å². The Morgan fingerprint density at radius 3 is 2.58 bits per heavy atom. The molecule has 1 aromatic carbocycles. The molecule has 0 atom stereocenters. The first-order chi connectivity index (χ1) is 12.6. The van der Waals surface area contributed by atoms with Crippen LogP contribution in [-0.2, 0) is 13.0 Å².